The molecule has 5 aromatic rings. The van der Waals surface area contributed by atoms with Gasteiger partial charge in [0.15, 0.2) is 0 Å². The third-order valence-electron chi connectivity index (χ3n) is 7.04. The number of aromatic nitrogens is 5. The number of hydrogen-bond acceptors (Lipinski definition) is 7. The number of ether oxygens (including phenoxy) is 2. The van der Waals surface area contributed by atoms with Crippen LogP contribution in [0.15, 0.2) is 63.9 Å². The standard InChI is InChI=1S/C29H23ClF3N5O4/c1-15-12-40-14-24(15)38-26(35-36-29(38)25-11-27(39)37-42-25)8-17-7-22(33)19(10-21(17)32)23-3-2-4-28(34-23)41-13-16-5-6-18(30)9-20(16)31/h2-7,9-11,15,24H,8,12-14H2,1H3,(H,37,39). The third-order valence-corrected chi connectivity index (χ3v) is 7.28. The third kappa shape index (κ3) is 5.55. The van der Waals surface area contributed by atoms with E-state index in [0.717, 1.165) is 12.1 Å². The van der Waals surface area contributed by atoms with E-state index >= 15 is 8.78 Å². The molecule has 0 radical (unpaired) electrons. The number of rotatable bonds is 8. The molecule has 1 N–H and O–H groups in total. The number of hydrogen-bond donors (Lipinski definition) is 1. The van der Waals surface area contributed by atoms with Crippen LogP contribution < -0.4 is 10.3 Å². The predicted molar refractivity (Wildman–Crippen MR) is 146 cm³/mol. The van der Waals surface area contributed by atoms with Crippen LogP contribution >= 0.6 is 11.6 Å². The molecule has 0 saturated carbocycles. The summed E-state index contributed by atoms with van der Waals surface area (Å²) in [5, 5.41) is 10.9. The normalized spacial score (nSPS) is 16.7. The monoisotopic (exact) mass is 597 g/mol. The molecule has 13 heteroatoms. The molecule has 1 aliphatic heterocycles. The highest BCUT2D eigenvalue weighted by Crippen LogP contribution is 2.33. The molecule has 1 saturated heterocycles. The highest BCUT2D eigenvalue weighted by Gasteiger charge is 2.32. The van der Waals surface area contributed by atoms with E-state index in [4.69, 9.17) is 25.6 Å². The lowest BCUT2D eigenvalue weighted by atomic mass is 10.0. The molecular weight excluding hydrogens is 575 g/mol. The molecule has 6 rings (SSSR count). The second-order valence-electron chi connectivity index (χ2n) is 9.95. The van der Waals surface area contributed by atoms with Gasteiger partial charge < -0.3 is 18.6 Å². The fourth-order valence-electron chi connectivity index (χ4n) is 4.86. The van der Waals surface area contributed by atoms with E-state index in [1.54, 1.807) is 10.6 Å². The van der Waals surface area contributed by atoms with Crippen molar-refractivity contribution in [1.29, 1.82) is 0 Å². The zero-order valence-electron chi connectivity index (χ0n) is 22.1. The average molecular weight is 598 g/mol. The van der Waals surface area contributed by atoms with Crippen LogP contribution in [0.2, 0.25) is 5.02 Å². The summed E-state index contributed by atoms with van der Waals surface area (Å²) in [6, 6.07) is 12.0. The van der Waals surface area contributed by atoms with E-state index in [9.17, 15) is 9.18 Å². The molecule has 216 valence electrons. The van der Waals surface area contributed by atoms with Gasteiger partial charge in [0.2, 0.25) is 17.5 Å². The lowest BCUT2D eigenvalue weighted by Gasteiger charge is -2.19. The molecule has 9 nitrogen and oxygen atoms in total. The zero-order valence-corrected chi connectivity index (χ0v) is 22.9. The second kappa shape index (κ2) is 11.5. The Kier molecular flexibility index (Phi) is 7.56. The van der Waals surface area contributed by atoms with Crippen molar-refractivity contribution < 1.29 is 27.2 Å². The predicted octanol–water partition coefficient (Wildman–Crippen LogP) is 5.74. The largest absolute Gasteiger partial charge is 0.473 e. The van der Waals surface area contributed by atoms with Crippen molar-refractivity contribution in [1.82, 2.24) is 24.9 Å². The van der Waals surface area contributed by atoms with Gasteiger partial charge in [-0.1, -0.05) is 30.7 Å². The van der Waals surface area contributed by atoms with Crippen LogP contribution in [0.3, 0.4) is 0 Å². The number of nitrogens with zero attached hydrogens (tertiary/aromatic N) is 4. The summed E-state index contributed by atoms with van der Waals surface area (Å²) in [6.45, 7) is 2.72. The Morgan fingerprint density at radius 2 is 1.86 bits per heavy atom. The molecule has 2 unspecified atom stereocenters. The highest BCUT2D eigenvalue weighted by molar-refractivity contribution is 6.30. The number of nitrogens with one attached hydrogen (secondary N) is 1. The van der Waals surface area contributed by atoms with Crippen molar-refractivity contribution in [3.63, 3.8) is 0 Å². The fraction of sp³-hybridized carbons (Fsp3) is 0.241. The summed E-state index contributed by atoms with van der Waals surface area (Å²) in [4.78, 5) is 16.0. The fourth-order valence-corrected chi connectivity index (χ4v) is 5.02. The Morgan fingerprint density at radius 3 is 2.60 bits per heavy atom. The molecular formula is C29H23ClF3N5O4. The maximum absolute atomic E-state index is 15.4. The summed E-state index contributed by atoms with van der Waals surface area (Å²) < 4.78 is 63.1. The lowest BCUT2D eigenvalue weighted by Crippen LogP contribution is -2.19. The van der Waals surface area contributed by atoms with Gasteiger partial charge in [-0.3, -0.25) is 4.79 Å². The quantitative estimate of drug-likeness (QED) is 0.243. The Bertz CT molecular complexity index is 1820. The van der Waals surface area contributed by atoms with Crippen molar-refractivity contribution in [2.75, 3.05) is 13.2 Å². The molecule has 1 aliphatic rings. The van der Waals surface area contributed by atoms with Gasteiger partial charge in [-0.2, -0.15) is 5.16 Å². The first-order valence-corrected chi connectivity index (χ1v) is 13.4. The molecule has 0 amide bonds. The van der Waals surface area contributed by atoms with Gasteiger partial charge >= 0.3 is 0 Å². The Balaban J connectivity index is 1.27. The van der Waals surface area contributed by atoms with E-state index in [1.807, 2.05) is 6.92 Å². The first kappa shape index (κ1) is 27.7. The smallest absolute Gasteiger partial charge is 0.280 e. The molecule has 42 heavy (non-hydrogen) atoms. The van der Waals surface area contributed by atoms with Crippen LogP contribution in [0, 0.1) is 23.4 Å². The Hall–Kier alpha value is -4.42. The van der Waals surface area contributed by atoms with Gasteiger partial charge in [0.1, 0.15) is 29.9 Å². The molecule has 3 aromatic heterocycles. The van der Waals surface area contributed by atoms with Crippen LogP contribution in [-0.4, -0.2) is 38.1 Å². The van der Waals surface area contributed by atoms with Crippen LogP contribution in [0.25, 0.3) is 22.8 Å². The molecule has 0 spiro atoms. The van der Waals surface area contributed by atoms with Gasteiger partial charge in [-0.15, -0.1) is 10.2 Å². The van der Waals surface area contributed by atoms with Gasteiger partial charge in [-0.05, 0) is 35.9 Å². The van der Waals surface area contributed by atoms with Crippen molar-refractivity contribution in [3.05, 3.63) is 104 Å². The van der Waals surface area contributed by atoms with Gasteiger partial charge in [-0.25, -0.2) is 18.2 Å². The lowest BCUT2D eigenvalue weighted by molar-refractivity contribution is 0.182. The van der Waals surface area contributed by atoms with Crippen LogP contribution in [-0.2, 0) is 17.8 Å². The van der Waals surface area contributed by atoms with E-state index in [2.05, 4.69) is 20.3 Å². The molecule has 2 atom stereocenters. The molecule has 0 bridgehead atoms. The van der Waals surface area contributed by atoms with Crippen molar-refractivity contribution in [3.8, 4) is 28.7 Å². The van der Waals surface area contributed by atoms with E-state index < -0.39 is 23.0 Å². The molecule has 0 aliphatic carbocycles. The minimum atomic E-state index is -0.708. The maximum Gasteiger partial charge on any atom is 0.280 e. The topological polar surface area (TPSA) is 108 Å². The zero-order chi connectivity index (χ0) is 29.4. The Labute approximate surface area is 241 Å². The number of benzene rings is 2. The average Bonchev–Trinajstić information content (AvgIpc) is 3.69. The highest BCUT2D eigenvalue weighted by atomic mass is 35.5. The van der Waals surface area contributed by atoms with E-state index in [0.29, 0.717) is 19.0 Å². The maximum atomic E-state index is 15.4. The van der Waals surface area contributed by atoms with Crippen LogP contribution in [0.1, 0.15) is 29.9 Å². The van der Waals surface area contributed by atoms with Gasteiger partial charge in [0.25, 0.3) is 5.56 Å². The van der Waals surface area contributed by atoms with Crippen LogP contribution in [0.5, 0.6) is 5.88 Å². The Morgan fingerprint density at radius 1 is 1.02 bits per heavy atom. The number of H-pyrrole nitrogens is 1. The summed E-state index contributed by atoms with van der Waals surface area (Å²) in [7, 11) is 0. The van der Waals surface area contributed by atoms with Crippen molar-refractivity contribution in [2.24, 2.45) is 5.92 Å². The molecule has 4 heterocycles. The molecule has 1 fully saturated rings. The van der Waals surface area contributed by atoms with E-state index in [-0.39, 0.29) is 69.9 Å². The van der Waals surface area contributed by atoms with E-state index in [1.165, 1.54) is 36.4 Å². The van der Waals surface area contributed by atoms with Crippen molar-refractivity contribution >= 4 is 11.6 Å². The minimum Gasteiger partial charge on any atom is -0.473 e. The summed E-state index contributed by atoms with van der Waals surface area (Å²) >= 11 is 5.79. The minimum absolute atomic E-state index is 0.0455. The summed E-state index contributed by atoms with van der Waals surface area (Å²) in [5.41, 5.74) is -0.0726. The first-order chi connectivity index (χ1) is 20.3. The SMILES string of the molecule is CC1COCC1n1c(Cc2cc(F)c(-c3cccc(OCc4ccc(Cl)cc4F)n3)cc2F)nnc1-c1cc(=O)[nH]o1. The number of halogens is 4. The molecule has 2 aromatic carbocycles. The second-order valence-corrected chi connectivity index (χ2v) is 10.4. The number of aromatic amines is 1. The summed E-state index contributed by atoms with van der Waals surface area (Å²) in [5.74, 6) is -0.929. The van der Waals surface area contributed by atoms with Crippen molar-refractivity contribution in [2.45, 2.75) is 26.0 Å². The number of pyridine rings is 1. The van der Waals surface area contributed by atoms with Gasteiger partial charge in [0, 0.05) is 34.6 Å². The first-order valence-electron chi connectivity index (χ1n) is 13.0. The van der Waals surface area contributed by atoms with Gasteiger partial charge in [0.05, 0.1) is 31.0 Å². The van der Waals surface area contributed by atoms with Crippen LogP contribution in [0.4, 0.5) is 13.2 Å². The summed E-state index contributed by atoms with van der Waals surface area (Å²) in [6.07, 6.45) is -0.0862.